The van der Waals surface area contributed by atoms with Crippen molar-refractivity contribution in [1.29, 1.82) is 0 Å². The van der Waals surface area contributed by atoms with E-state index in [1.807, 2.05) is 6.07 Å². The quantitative estimate of drug-likeness (QED) is 0.689. The molecule has 0 amide bonds. The molecule has 0 saturated carbocycles. The Morgan fingerprint density at radius 1 is 1.15 bits per heavy atom. The predicted octanol–water partition coefficient (Wildman–Crippen LogP) is 4.34. The van der Waals surface area contributed by atoms with E-state index < -0.39 is 8.07 Å². The van der Waals surface area contributed by atoms with Crippen LogP contribution in [-0.2, 0) is 0 Å². The van der Waals surface area contributed by atoms with Crippen LogP contribution in [-0.4, -0.2) is 8.07 Å². The van der Waals surface area contributed by atoms with Gasteiger partial charge in [-0.3, -0.25) is 0 Å². The van der Waals surface area contributed by atoms with Crippen molar-refractivity contribution < 1.29 is 0 Å². The molecule has 0 bridgehead atoms. The van der Waals surface area contributed by atoms with E-state index in [0.29, 0.717) is 0 Å². The average molecular weight is 255 g/mol. The summed E-state index contributed by atoms with van der Waals surface area (Å²) < 4.78 is 1.17. The minimum absolute atomic E-state index is 1.06. The molecule has 1 aromatic rings. The van der Waals surface area contributed by atoms with Crippen LogP contribution in [0.2, 0.25) is 19.6 Å². The molecule has 70 valence electrons. The van der Waals surface area contributed by atoms with Crippen LogP contribution in [0.1, 0.15) is 5.56 Å². The first-order valence-electron chi connectivity index (χ1n) is 4.43. The molecule has 0 radical (unpaired) electrons. The van der Waals surface area contributed by atoms with Gasteiger partial charge in [0.15, 0.2) is 0 Å². The van der Waals surface area contributed by atoms with E-state index in [1.54, 1.807) is 0 Å². The van der Waals surface area contributed by atoms with Crippen molar-refractivity contribution in [2.24, 2.45) is 0 Å². The lowest BCUT2D eigenvalue weighted by Crippen LogP contribution is -2.15. The van der Waals surface area contributed by atoms with Crippen molar-refractivity contribution in [2.75, 3.05) is 0 Å². The molecule has 0 aliphatic carbocycles. The van der Waals surface area contributed by atoms with Crippen LogP contribution in [0.3, 0.4) is 0 Å². The molecule has 0 nitrogen and oxygen atoms in total. The Labute approximate surface area is 89.8 Å². The predicted molar refractivity (Wildman–Crippen MR) is 66.5 cm³/mol. The van der Waals surface area contributed by atoms with Gasteiger partial charge in [0.1, 0.15) is 0 Å². The third-order valence-corrected chi connectivity index (χ3v) is 3.56. The summed E-state index contributed by atoms with van der Waals surface area (Å²) in [6, 6.07) is 8.30. The molecule has 0 heterocycles. The SMILES string of the molecule is C[Si](C)(C)/C=C/c1ccccc1Br. The van der Waals surface area contributed by atoms with Gasteiger partial charge in [-0.15, -0.1) is 0 Å². The fraction of sp³-hybridized carbons (Fsp3) is 0.273. The smallest absolute Gasteiger partial charge is 0.0687 e. The van der Waals surface area contributed by atoms with Crippen LogP contribution < -0.4 is 0 Å². The van der Waals surface area contributed by atoms with Crippen LogP contribution in [0.15, 0.2) is 34.4 Å². The lowest BCUT2D eigenvalue weighted by Gasteiger charge is -2.08. The monoisotopic (exact) mass is 254 g/mol. The van der Waals surface area contributed by atoms with E-state index in [0.717, 1.165) is 0 Å². The van der Waals surface area contributed by atoms with Gasteiger partial charge in [-0.1, -0.05) is 65.5 Å². The zero-order valence-electron chi connectivity index (χ0n) is 8.34. The highest BCUT2D eigenvalue weighted by atomic mass is 79.9. The van der Waals surface area contributed by atoms with Crippen molar-refractivity contribution in [1.82, 2.24) is 0 Å². The molecule has 0 N–H and O–H groups in total. The van der Waals surface area contributed by atoms with Crippen LogP contribution in [0.4, 0.5) is 0 Å². The fourth-order valence-electron chi connectivity index (χ4n) is 0.950. The summed E-state index contributed by atoms with van der Waals surface area (Å²) in [6.07, 6.45) is 2.22. The van der Waals surface area contributed by atoms with Gasteiger partial charge < -0.3 is 0 Å². The first-order chi connectivity index (χ1) is 5.99. The summed E-state index contributed by atoms with van der Waals surface area (Å²) in [6.45, 7) is 7.00. The second-order valence-corrected chi connectivity index (χ2v) is 10.1. The highest BCUT2D eigenvalue weighted by Gasteiger charge is 2.06. The molecular weight excluding hydrogens is 240 g/mol. The molecule has 0 aliphatic heterocycles. The molecule has 0 aliphatic rings. The zero-order chi connectivity index (χ0) is 9.90. The zero-order valence-corrected chi connectivity index (χ0v) is 10.9. The average Bonchev–Trinajstić information content (AvgIpc) is 2.01. The lowest BCUT2D eigenvalue weighted by atomic mass is 10.2. The third kappa shape index (κ3) is 3.92. The highest BCUT2D eigenvalue weighted by Crippen LogP contribution is 2.18. The maximum Gasteiger partial charge on any atom is 0.0687 e. The summed E-state index contributed by atoms with van der Waals surface area (Å²) in [5.74, 6) is 0. The molecule has 2 heteroatoms. The van der Waals surface area contributed by atoms with Crippen molar-refractivity contribution >= 4 is 30.1 Å². The summed E-state index contributed by atoms with van der Waals surface area (Å²) in [5, 5.41) is 0. The molecule has 1 aromatic carbocycles. The Morgan fingerprint density at radius 2 is 1.77 bits per heavy atom. The molecule has 1 rings (SSSR count). The molecule has 0 fully saturated rings. The van der Waals surface area contributed by atoms with Crippen LogP contribution in [0.5, 0.6) is 0 Å². The topological polar surface area (TPSA) is 0 Å². The van der Waals surface area contributed by atoms with Gasteiger partial charge in [0.05, 0.1) is 8.07 Å². The van der Waals surface area contributed by atoms with E-state index in [4.69, 9.17) is 0 Å². The Balaban J connectivity index is 2.86. The Bertz CT molecular complexity index is 310. The largest absolute Gasteiger partial charge is 0.0944 e. The molecule has 0 spiro atoms. The van der Waals surface area contributed by atoms with Crippen molar-refractivity contribution in [3.63, 3.8) is 0 Å². The third-order valence-electron chi connectivity index (χ3n) is 1.67. The van der Waals surface area contributed by atoms with Gasteiger partial charge in [-0.05, 0) is 11.6 Å². The summed E-state index contributed by atoms with van der Waals surface area (Å²) in [5.41, 5.74) is 3.62. The summed E-state index contributed by atoms with van der Waals surface area (Å²) in [4.78, 5) is 0. The van der Waals surface area contributed by atoms with E-state index in [9.17, 15) is 0 Å². The number of rotatable bonds is 2. The van der Waals surface area contributed by atoms with Crippen LogP contribution in [0.25, 0.3) is 6.08 Å². The first-order valence-corrected chi connectivity index (χ1v) is 8.80. The molecule has 0 saturated heterocycles. The Morgan fingerprint density at radius 3 is 2.31 bits per heavy atom. The summed E-state index contributed by atoms with van der Waals surface area (Å²) in [7, 11) is -1.06. The van der Waals surface area contributed by atoms with Gasteiger partial charge in [-0.2, -0.15) is 0 Å². The van der Waals surface area contributed by atoms with Gasteiger partial charge in [-0.25, -0.2) is 0 Å². The lowest BCUT2D eigenvalue weighted by molar-refractivity contribution is 1.60. The minimum atomic E-state index is -1.06. The summed E-state index contributed by atoms with van der Waals surface area (Å²) >= 11 is 3.53. The maximum atomic E-state index is 3.53. The van der Waals surface area contributed by atoms with Crippen molar-refractivity contribution in [2.45, 2.75) is 19.6 Å². The number of halogens is 1. The van der Waals surface area contributed by atoms with Crippen molar-refractivity contribution in [3.8, 4) is 0 Å². The minimum Gasteiger partial charge on any atom is -0.0944 e. The van der Waals surface area contributed by atoms with E-state index in [2.05, 4.69) is 65.5 Å². The molecule has 0 unspecified atom stereocenters. The Hall–Kier alpha value is -0.343. The number of benzene rings is 1. The van der Waals surface area contributed by atoms with E-state index in [1.165, 1.54) is 10.0 Å². The molecule has 13 heavy (non-hydrogen) atoms. The molecule has 0 atom stereocenters. The molecule has 0 aromatic heterocycles. The van der Waals surface area contributed by atoms with Gasteiger partial charge in [0, 0.05) is 4.47 Å². The number of hydrogen-bond donors (Lipinski definition) is 0. The normalized spacial score (nSPS) is 12.3. The van der Waals surface area contributed by atoms with E-state index in [-0.39, 0.29) is 0 Å². The first kappa shape index (κ1) is 10.7. The van der Waals surface area contributed by atoms with Gasteiger partial charge in [0.25, 0.3) is 0 Å². The second kappa shape index (κ2) is 4.25. The highest BCUT2D eigenvalue weighted by molar-refractivity contribution is 9.10. The van der Waals surface area contributed by atoms with Crippen LogP contribution in [0, 0.1) is 0 Å². The standard InChI is InChI=1S/C11H15BrSi/c1-13(2,3)9-8-10-6-4-5-7-11(10)12/h4-9H,1-3H3/b9-8+. The Kier molecular flexibility index (Phi) is 3.51. The van der Waals surface area contributed by atoms with Gasteiger partial charge in [0.2, 0.25) is 0 Å². The fourth-order valence-corrected chi connectivity index (χ4v) is 2.05. The van der Waals surface area contributed by atoms with Crippen LogP contribution >= 0.6 is 15.9 Å². The van der Waals surface area contributed by atoms with Gasteiger partial charge >= 0.3 is 0 Å². The van der Waals surface area contributed by atoms with Crippen molar-refractivity contribution in [3.05, 3.63) is 40.0 Å². The molecular formula is C11H15BrSi. The number of hydrogen-bond acceptors (Lipinski definition) is 0. The van der Waals surface area contributed by atoms with E-state index >= 15 is 0 Å². The second-order valence-electron chi connectivity index (χ2n) is 4.22. The maximum absolute atomic E-state index is 3.53.